The molecule has 176 valence electrons. The summed E-state index contributed by atoms with van der Waals surface area (Å²) in [6.45, 7) is 7.27. The Kier molecular flexibility index (Phi) is 10.0. The van der Waals surface area contributed by atoms with Gasteiger partial charge in [-0.25, -0.2) is 9.10 Å². The summed E-state index contributed by atoms with van der Waals surface area (Å²) >= 11 is 3.19. The predicted octanol–water partition coefficient (Wildman–Crippen LogP) is 6.26. The maximum absolute atomic E-state index is 12.3. The fourth-order valence-electron chi connectivity index (χ4n) is 2.83. The first-order valence-corrected chi connectivity index (χ1v) is 11.6. The third-order valence-corrected chi connectivity index (χ3v) is 6.21. The zero-order chi connectivity index (χ0) is 23.7. The first kappa shape index (κ1) is 26.2. The van der Waals surface area contributed by atoms with Crippen LogP contribution >= 0.6 is 23.7 Å². The summed E-state index contributed by atoms with van der Waals surface area (Å²) in [6, 6.07) is 11.5. The molecule has 0 unspecified atom stereocenters. The van der Waals surface area contributed by atoms with E-state index >= 15 is 0 Å². The number of hydrogen-bond donors (Lipinski definition) is 1. The number of carbonyl (C=O) groups is 1. The number of ether oxygens (including phenoxy) is 2. The zero-order valence-corrected chi connectivity index (χ0v) is 19.6. The van der Waals surface area contributed by atoms with E-state index in [2.05, 4.69) is 22.9 Å². The molecule has 1 atom stereocenters. The molecule has 2 aromatic rings. The normalized spacial score (nSPS) is 12.6. The summed E-state index contributed by atoms with van der Waals surface area (Å²) in [4.78, 5) is 12.6. The molecule has 0 heterocycles. The fraction of sp³-hybridized carbons (Fsp3) is 0.409. The molecule has 2 aromatic carbocycles. The van der Waals surface area contributed by atoms with E-state index in [-0.39, 0.29) is 17.6 Å². The molecular weight excluding hydrogens is 463 g/mol. The maximum atomic E-state index is 12.3. The molecule has 5 nitrogen and oxygen atoms in total. The van der Waals surface area contributed by atoms with Crippen LogP contribution < -0.4 is 9.47 Å². The van der Waals surface area contributed by atoms with Gasteiger partial charge in [-0.2, -0.15) is 0 Å². The second-order valence-corrected chi connectivity index (χ2v) is 9.72. The highest BCUT2D eigenvalue weighted by atomic mass is 32.2. The van der Waals surface area contributed by atoms with Crippen molar-refractivity contribution in [1.82, 2.24) is 4.31 Å². The van der Waals surface area contributed by atoms with E-state index in [0.717, 1.165) is 34.9 Å². The molecule has 32 heavy (non-hydrogen) atoms. The lowest BCUT2D eigenvalue weighted by Gasteiger charge is -2.24. The molecule has 0 aliphatic heterocycles. The largest absolute Gasteiger partial charge is 0.573 e. The van der Waals surface area contributed by atoms with Crippen molar-refractivity contribution in [2.24, 2.45) is 0 Å². The second kappa shape index (κ2) is 12.3. The van der Waals surface area contributed by atoms with Gasteiger partial charge in [0.15, 0.2) is 6.61 Å². The van der Waals surface area contributed by atoms with E-state index in [4.69, 9.17) is 9.84 Å². The van der Waals surface area contributed by atoms with E-state index in [1.54, 1.807) is 30.0 Å². The van der Waals surface area contributed by atoms with Crippen LogP contribution in [-0.4, -0.2) is 46.7 Å². The van der Waals surface area contributed by atoms with Gasteiger partial charge in [-0.15, -0.1) is 24.9 Å². The van der Waals surface area contributed by atoms with Crippen molar-refractivity contribution in [2.45, 2.75) is 48.6 Å². The van der Waals surface area contributed by atoms with Crippen molar-refractivity contribution >= 4 is 29.7 Å². The predicted molar refractivity (Wildman–Crippen MR) is 120 cm³/mol. The number of thioether (sulfide) groups is 1. The molecule has 0 fully saturated rings. The minimum atomic E-state index is -4.70. The molecular formula is C22H26F3NO4S2. The first-order valence-electron chi connectivity index (χ1n) is 9.96. The van der Waals surface area contributed by atoms with Gasteiger partial charge in [0.1, 0.15) is 11.5 Å². The maximum Gasteiger partial charge on any atom is 0.573 e. The lowest BCUT2D eigenvalue weighted by atomic mass is 10.2. The van der Waals surface area contributed by atoms with E-state index < -0.39 is 12.3 Å². The van der Waals surface area contributed by atoms with Gasteiger partial charge in [0.05, 0.1) is 0 Å². The van der Waals surface area contributed by atoms with Gasteiger partial charge in [-0.1, -0.05) is 13.8 Å². The summed E-state index contributed by atoms with van der Waals surface area (Å²) in [5.41, 5.74) is 0.865. The summed E-state index contributed by atoms with van der Waals surface area (Å²) < 4.78 is 48.3. The number of benzene rings is 2. The number of rotatable bonds is 12. The van der Waals surface area contributed by atoms with Crippen molar-refractivity contribution < 1.29 is 32.5 Å². The van der Waals surface area contributed by atoms with Crippen LogP contribution in [0.2, 0.25) is 0 Å². The second-order valence-electron chi connectivity index (χ2n) is 7.04. The highest BCUT2D eigenvalue weighted by Crippen LogP contribution is 2.32. The first-order chi connectivity index (χ1) is 15.1. The van der Waals surface area contributed by atoms with Gasteiger partial charge in [0, 0.05) is 28.1 Å². The Morgan fingerprint density at radius 2 is 1.81 bits per heavy atom. The molecule has 0 saturated carbocycles. The minimum Gasteiger partial charge on any atom is -0.482 e. The molecule has 0 bridgehead atoms. The Labute approximate surface area is 194 Å². The Morgan fingerprint density at radius 3 is 2.38 bits per heavy atom. The van der Waals surface area contributed by atoms with Crippen molar-refractivity contribution in [3.8, 4) is 11.5 Å². The third kappa shape index (κ3) is 9.62. The van der Waals surface area contributed by atoms with Crippen molar-refractivity contribution in [2.75, 3.05) is 19.7 Å². The molecule has 0 aliphatic carbocycles. The quantitative estimate of drug-likeness (QED) is 0.279. The number of alkyl halides is 3. The number of aryl methyl sites for hydroxylation is 1. The number of aliphatic carboxylic acids is 1. The molecule has 0 spiro atoms. The highest BCUT2D eigenvalue weighted by molar-refractivity contribution is 8.00. The van der Waals surface area contributed by atoms with E-state index in [1.807, 2.05) is 19.1 Å². The molecule has 0 radical (unpaired) electrons. The monoisotopic (exact) mass is 489 g/mol. The molecule has 1 N–H and O–H groups in total. The van der Waals surface area contributed by atoms with E-state index in [0.29, 0.717) is 5.75 Å². The third-order valence-electron chi connectivity index (χ3n) is 4.06. The van der Waals surface area contributed by atoms with Crippen LogP contribution in [0.1, 0.15) is 25.8 Å². The Hall–Kier alpha value is -2.04. The van der Waals surface area contributed by atoms with Crippen LogP contribution in [0.4, 0.5) is 13.2 Å². The molecule has 0 saturated heterocycles. The van der Waals surface area contributed by atoms with Gasteiger partial charge in [-0.3, -0.25) is 0 Å². The van der Waals surface area contributed by atoms with Crippen molar-refractivity contribution in [3.05, 3.63) is 48.0 Å². The van der Waals surface area contributed by atoms with Crippen molar-refractivity contribution in [1.29, 1.82) is 0 Å². The SMILES string of the molecule is CCCN(C[C@@H](C)Sc1ccc(OCC(=O)O)c(C)c1)Sc1ccc(OC(F)(F)F)cc1. The van der Waals surface area contributed by atoms with E-state index in [1.165, 1.54) is 24.1 Å². The number of hydrogen-bond acceptors (Lipinski definition) is 6. The molecule has 10 heteroatoms. The average Bonchev–Trinajstić information content (AvgIpc) is 2.67. The number of halogens is 3. The van der Waals surface area contributed by atoms with Gasteiger partial charge in [0.2, 0.25) is 0 Å². The lowest BCUT2D eigenvalue weighted by Crippen LogP contribution is -2.24. The summed E-state index contributed by atoms with van der Waals surface area (Å²) in [7, 11) is 0. The Bertz CT molecular complexity index is 878. The average molecular weight is 490 g/mol. The lowest BCUT2D eigenvalue weighted by molar-refractivity contribution is -0.274. The summed E-state index contributed by atoms with van der Waals surface area (Å²) in [5.74, 6) is -0.711. The minimum absolute atomic E-state index is 0.237. The summed E-state index contributed by atoms with van der Waals surface area (Å²) in [6.07, 6.45) is -3.76. The zero-order valence-electron chi connectivity index (χ0n) is 18.0. The van der Waals surface area contributed by atoms with Gasteiger partial charge in [-0.05, 0) is 73.3 Å². The fourth-order valence-corrected chi connectivity index (χ4v) is 5.16. The number of nitrogens with zero attached hydrogens (tertiary/aromatic N) is 1. The number of carboxylic acid groups (broad SMARTS) is 1. The van der Waals surface area contributed by atoms with E-state index in [9.17, 15) is 18.0 Å². The van der Waals surface area contributed by atoms with Crippen molar-refractivity contribution in [3.63, 3.8) is 0 Å². The smallest absolute Gasteiger partial charge is 0.482 e. The van der Waals surface area contributed by atoms with Gasteiger partial charge < -0.3 is 14.6 Å². The van der Waals surface area contributed by atoms with Crippen LogP contribution in [0.25, 0.3) is 0 Å². The van der Waals surface area contributed by atoms with Crippen LogP contribution in [0.3, 0.4) is 0 Å². The van der Waals surface area contributed by atoms with Crippen LogP contribution in [0.15, 0.2) is 52.3 Å². The van der Waals surface area contributed by atoms with Crippen LogP contribution in [0, 0.1) is 6.92 Å². The van der Waals surface area contributed by atoms with Gasteiger partial charge >= 0.3 is 12.3 Å². The topological polar surface area (TPSA) is 59.0 Å². The Balaban J connectivity index is 1.94. The highest BCUT2D eigenvalue weighted by Gasteiger charge is 2.31. The molecule has 0 aliphatic rings. The Morgan fingerprint density at radius 1 is 1.16 bits per heavy atom. The molecule has 0 amide bonds. The molecule has 0 aromatic heterocycles. The van der Waals surface area contributed by atoms with Crippen LogP contribution in [0.5, 0.6) is 11.5 Å². The van der Waals surface area contributed by atoms with Crippen LogP contribution in [-0.2, 0) is 4.79 Å². The van der Waals surface area contributed by atoms with Gasteiger partial charge in [0.25, 0.3) is 0 Å². The standard InChI is InChI=1S/C22H26F3NO4S2/c1-4-11-26(32-18-7-5-17(6-8-18)30-22(23,24)25)13-16(3)31-19-9-10-20(15(2)12-19)29-14-21(27)28/h5-10,12,16H,4,11,13-14H2,1-3H3,(H,27,28)/t16-/m1/s1. The summed E-state index contributed by atoms with van der Waals surface area (Å²) in [5, 5.41) is 8.99. The molecule has 2 rings (SSSR count). The number of carboxylic acids is 1.